The summed E-state index contributed by atoms with van der Waals surface area (Å²) in [6.45, 7) is 11.0. The van der Waals surface area contributed by atoms with Crippen molar-refractivity contribution in [1.29, 1.82) is 0 Å². The molecule has 1 aliphatic rings. The Morgan fingerprint density at radius 3 is 2.03 bits per heavy atom. The molecule has 3 rings (SSSR count). The van der Waals surface area contributed by atoms with Crippen molar-refractivity contribution in [2.24, 2.45) is 0 Å². The summed E-state index contributed by atoms with van der Waals surface area (Å²) in [5, 5.41) is 0. The first-order valence-electron chi connectivity index (χ1n) is 11.0. The Balaban J connectivity index is 1.99. The number of benzene rings is 1. The first-order chi connectivity index (χ1) is 15.3. The van der Waals surface area contributed by atoms with Crippen molar-refractivity contribution in [2.75, 3.05) is 46.1 Å². The molecule has 1 aliphatic heterocycles. The molecule has 1 N–H and O–H groups in total. The van der Waals surface area contributed by atoms with Gasteiger partial charge in [-0.15, -0.1) is 0 Å². The summed E-state index contributed by atoms with van der Waals surface area (Å²) in [5.74, 6) is -0.974. The normalized spacial score (nSPS) is 14.2. The Labute approximate surface area is 188 Å². The maximum atomic E-state index is 13.0. The van der Waals surface area contributed by atoms with Gasteiger partial charge in [-0.05, 0) is 52.0 Å². The lowest BCUT2D eigenvalue weighted by atomic mass is 10.1. The molecule has 2 heterocycles. The third-order valence-corrected chi connectivity index (χ3v) is 5.54. The predicted octanol–water partition coefficient (Wildman–Crippen LogP) is 1.55. The number of aryl methyl sites for hydroxylation is 1. The van der Waals surface area contributed by atoms with E-state index in [1.165, 1.54) is 11.0 Å². The second-order valence-corrected chi connectivity index (χ2v) is 7.79. The van der Waals surface area contributed by atoms with Gasteiger partial charge in [-0.25, -0.2) is 9.59 Å². The largest absolute Gasteiger partial charge is 0.462 e. The van der Waals surface area contributed by atoms with Gasteiger partial charge >= 0.3 is 11.9 Å². The van der Waals surface area contributed by atoms with E-state index in [9.17, 15) is 14.4 Å². The van der Waals surface area contributed by atoms with E-state index in [4.69, 9.17) is 14.2 Å². The van der Waals surface area contributed by atoms with Gasteiger partial charge in [0.15, 0.2) is 0 Å². The third-order valence-electron chi connectivity index (χ3n) is 5.54. The van der Waals surface area contributed by atoms with Crippen LogP contribution in [0, 0.1) is 13.8 Å². The maximum Gasteiger partial charge on any atom is 0.338 e. The summed E-state index contributed by atoms with van der Waals surface area (Å²) >= 11 is 0. The number of hydrogen-bond acceptors (Lipinski definition) is 6. The monoisotopic (exact) mass is 443 g/mol. The summed E-state index contributed by atoms with van der Waals surface area (Å²) < 4.78 is 17.5. The molecule has 172 valence electrons. The van der Waals surface area contributed by atoms with Gasteiger partial charge in [0, 0.05) is 22.6 Å². The molecule has 0 spiro atoms. The average Bonchev–Trinajstić information content (AvgIpc) is 3.08. The van der Waals surface area contributed by atoms with Crippen LogP contribution in [0.5, 0.6) is 0 Å². The van der Waals surface area contributed by atoms with E-state index in [-0.39, 0.29) is 30.1 Å². The molecule has 0 unspecified atom stereocenters. The highest BCUT2D eigenvalue weighted by Crippen LogP contribution is 2.24. The standard InChI is InChI=1S/C24H30N2O6/c1-5-31-23(28)18-12-19(24(29)32-6-2)14-20(13-18)26-16(3)11-21(17(26)4)22(27)15-25-7-9-30-10-8-25/h11-14H,5-10,15H2,1-4H3/p+1. The van der Waals surface area contributed by atoms with Crippen LogP contribution in [-0.2, 0) is 14.2 Å². The lowest BCUT2D eigenvalue weighted by Gasteiger charge is -2.23. The number of quaternary nitrogens is 1. The number of carbonyl (C=O) groups excluding carboxylic acids is 3. The zero-order valence-corrected chi connectivity index (χ0v) is 19.2. The highest BCUT2D eigenvalue weighted by molar-refractivity contribution is 5.99. The lowest BCUT2D eigenvalue weighted by molar-refractivity contribution is -0.899. The fourth-order valence-electron chi connectivity index (χ4n) is 4.01. The minimum absolute atomic E-state index is 0.0633. The van der Waals surface area contributed by atoms with E-state index in [1.807, 2.05) is 24.5 Å². The van der Waals surface area contributed by atoms with E-state index in [1.54, 1.807) is 26.0 Å². The molecule has 2 aromatic rings. The van der Waals surface area contributed by atoms with Crippen molar-refractivity contribution >= 4 is 17.7 Å². The lowest BCUT2D eigenvalue weighted by Crippen LogP contribution is -3.14. The van der Waals surface area contributed by atoms with Crippen LogP contribution in [0.15, 0.2) is 24.3 Å². The van der Waals surface area contributed by atoms with Crippen LogP contribution in [0.1, 0.15) is 56.3 Å². The highest BCUT2D eigenvalue weighted by Gasteiger charge is 2.24. The number of nitrogens with one attached hydrogen (secondary N) is 1. The summed E-state index contributed by atoms with van der Waals surface area (Å²) in [7, 11) is 0. The summed E-state index contributed by atoms with van der Waals surface area (Å²) in [4.78, 5) is 39.1. The molecular weight excluding hydrogens is 412 g/mol. The molecule has 0 saturated carbocycles. The van der Waals surface area contributed by atoms with Crippen molar-refractivity contribution in [3.8, 4) is 5.69 Å². The number of Topliss-reactive ketones (excluding diaryl/α,β-unsaturated/α-hetero) is 1. The van der Waals surface area contributed by atoms with E-state index < -0.39 is 11.9 Å². The minimum Gasteiger partial charge on any atom is -0.462 e. The average molecular weight is 444 g/mol. The van der Waals surface area contributed by atoms with Crippen LogP contribution in [0.25, 0.3) is 5.69 Å². The van der Waals surface area contributed by atoms with Crippen molar-refractivity contribution in [3.05, 3.63) is 52.3 Å². The number of ketones is 1. The molecule has 0 aliphatic carbocycles. The van der Waals surface area contributed by atoms with Crippen molar-refractivity contribution in [3.63, 3.8) is 0 Å². The van der Waals surface area contributed by atoms with Gasteiger partial charge in [0.25, 0.3) is 0 Å². The Morgan fingerprint density at radius 1 is 0.938 bits per heavy atom. The van der Waals surface area contributed by atoms with Crippen molar-refractivity contribution in [1.82, 2.24) is 4.57 Å². The fourth-order valence-corrected chi connectivity index (χ4v) is 4.01. The number of esters is 2. The summed E-state index contributed by atoms with van der Waals surface area (Å²) in [5.41, 5.74) is 3.35. The second-order valence-electron chi connectivity index (χ2n) is 7.79. The smallest absolute Gasteiger partial charge is 0.338 e. The van der Waals surface area contributed by atoms with Crippen LogP contribution in [-0.4, -0.2) is 68.4 Å². The molecule has 1 aromatic carbocycles. The Kier molecular flexibility index (Phi) is 7.82. The first kappa shape index (κ1) is 23.7. The summed E-state index contributed by atoms with van der Waals surface area (Å²) in [6.07, 6.45) is 0. The fraction of sp³-hybridized carbons (Fsp3) is 0.458. The number of hydrogen-bond donors (Lipinski definition) is 1. The number of aromatic nitrogens is 1. The zero-order valence-electron chi connectivity index (χ0n) is 19.2. The van der Waals surface area contributed by atoms with Gasteiger partial charge in [-0.2, -0.15) is 0 Å². The molecule has 32 heavy (non-hydrogen) atoms. The minimum atomic E-state index is -0.519. The number of ether oxygens (including phenoxy) is 3. The Morgan fingerprint density at radius 2 is 1.50 bits per heavy atom. The van der Waals surface area contributed by atoms with Gasteiger partial charge in [0.2, 0.25) is 5.78 Å². The number of rotatable bonds is 8. The van der Waals surface area contributed by atoms with Gasteiger partial charge < -0.3 is 23.7 Å². The molecule has 8 nitrogen and oxygen atoms in total. The van der Waals surface area contributed by atoms with E-state index in [2.05, 4.69) is 0 Å². The zero-order chi connectivity index (χ0) is 23.3. The number of carbonyl (C=O) groups is 3. The first-order valence-corrected chi connectivity index (χ1v) is 11.0. The maximum absolute atomic E-state index is 13.0. The summed E-state index contributed by atoms with van der Waals surface area (Å²) in [6, 6.07) is 6.67. The molecule has 1 saturated heterocycles. The van der Waals surface area contributed by atoms with E-state index in [0.717, 1.165) is 24.5 Å². The van der Waals surface area contributed by atoms with Crippen LogP contribution in [0.2, 0.25) is 0 Å². The van der Waals surface area contributed by atoms with Gasteiger partial charge in [-0.3, -0.25) is 4.79 Å². The Hall–Kier alpha value is -2.97. The predicted molar refractivity (Wildman–Crippen MR) is 118 cm³/mol. The quantitative estimate of drug-likeness (QED) is 0.492. The van der Waals surface area contributed by atoms with Crippen LogP contribution in [0.4, 0.5) is 0 Å². The molecule has 8 heteroatoms. The van der Waals surface area contributed by atoms with Crippen LogP contribution < -0.4 is 4.90 Å². The molecule has 0 radical (unpaired) electrons. The van der Waals surface area contributed by atoms with Gasteiger partial charge in [-0.1, -0.05) is 0 Å². The van der Waals surface area contributed by atoms with Gasteiger partial charge in [0.1, 0.15) is 19.6 Å². The topological polar surface area (TPSA) is 88.3 Å². The molecule has 1 aromatic heterocycles. The van der Waals surface area contributed by atoms with E-state index >= 15 is 0 Å². The second kappa shape index (κ2) is 10.6. The number of nitrogens with zero attached hydrogens (tertiary/aromatic N) is 1. The van der Waals surface area contributed by atoms with E-state index in [0.29, 0.717) is 31.0 Å². The van der Waals surface area contributed by atoms with Crippen molar-refractivity contribution < 1.29 is 33.5 Å². The SMILES string of the molecule is CCOC(=O)c1cc(C(=O)OCC)cc(-n2c(C)cc(C(=O)C[NH+]3CCOCC3)c2C)c1. The molecular formula is C24H31N2O6+. The van der Waals surface area contributed by atoms with Gasteiger partial charge in [0.05, 0.1) is 37.6 Å². The molecule has 0 atom stereocenters. The third kappa shape index (κ3) is 5.26. The highest BCUT2D eigenvalue weighted by atomic mass is 16.5. The van der Waals surface area contributed by atoms with Crippen LogP contribution >= 0.6 is 0 Å². The Bertz CT molecular complexity index is 968. The molecule has 0 bridgehead atoms. The van der Waals surface area contributed by atoms with Crippen LogP contribution in [0.3, 0.4) is 0 Å². The number of morpholine rings is 1. The van der Waals surface area contributed by atoms with Crippen molar-refractivity contribution in [2.45, 2.75) is 27.7 Å². The molecule has 0 amide bonds. The molecule has 1 fully saturated rings.